The molecule has 0 aliphatic carbocycles. The van der Waals surface area contributed by atoms with Gasteiger partial charge in [0.25, 0.3) is 5.56 Å². The number of H-pyrrole nitrogens is 1. The fourth-order valence-corrected chi connectivity index (χ4v) is 1.64. The van der Waals surface area contributed by atoms with Crippen LogP contribution in [0.3, 0.4) is 0 Å². The summed E-state index contributed by atoms with van der Waals surface area (Å²) in [5.41, 5.74) is 2.79. The molecule has 15 heavy (non-hydrogen) atoms. The summed E-state index contributed by atoms with van der Waals surface area (Å²) < 4.78 is 0. The first-order valence-electron chi connectivity index (χ1n) is 5.08. The highest BCUT2D eigenvalue weighted by Crippen LogP contribution is 2.20. The van der Waals surface area contributed by atoms with Gasteiger partial charge in [-0.15, -0.1) is 0 Å². The lowest BCUT2D eigenvalue weighted by Gasteiger charge is -2.09. The molecule has 0 amide bonds. The maximum Gasteiger partial charge on any atom is 0.275 e. The van der Waals surface area contributed by atoms with Gasteiger partial charge in [-0.1, -0.05) is 13.8 Å². The molecule has 0 aromatic rings. The quantitative estimate of drug-likeness (QED) is 0.771. The molecule has 0 aromatic carbocycles. The molecule has 3 heteroatoms. The fourth-order valence-electron chi connectivity index (χ4n) is 1.64. The van der Waals surface area contributed by atoms with Crippen molar-refractivity contribution in [1.29, 1.82) is 0 Å². The number of fused-ring (bicyclic) bond motifs is 1. The number of aromatic amines is 1. The first kappa shape index (κ1) is 9.90. The van der Waals surface area contributed by atoms with Crippen LogP contribution in [0.15, 0.2) is 23.1 Å². The van der Waals surface area contributed by atoms with Gasteiger partial charge in [-0.3, -0.25) is 4.79 Å². The number of nitrogens with zero attached hydrogens (tertiary/aromatic N) is 1. The van der Waals surface area contributed by atoms with Crippen LogP contribution in [-0.4, -0.2) is 9.97 Å². The first-order valence-corrected chi connectivity index (χ1v) is 5.08. The minimum atomic E-state index is -0.127. The van der Waals surface area contributed by atoms with E-state index in [1.54, 1.807) is 0 Å². The van der Waals surface area contributed by atoms with E-state index in [1.165, 1.54) is 0 Å². The van der Waals surface area contributed by atoms with Crippen molar-refractivity contribution >= 4 is 0 Å². The minimum absolute atomic E-state index is 0.127. The van der Waals surface area contributed by atoms with Crippen LogP contribution in [0.1, 0.15) is 30.9 Å². The second-order valence-electron chi connectivity index (χ2n) is 4.15. The zero-order valence-electron chi connectivity index (χ0n) is 9.16. The van der Waals surface area contributed by atoms with Gasteiger partial charge in [-0.25, -0.2) is 0 Å². The van der Waals surface area contributed by atoms with Crippen LogP contribution in [0.25, 0.3) is 11.4 Å². The molecule has 0 fully saturated rings. The predicted octanol–water partition coefficient (Wildman–Crippen LogP) is 2.31. The smallest absolute Gasteiger partial charge is 0.275 e. The lowest BCUT2D eigenvalue weighted by Crippen LogP contribution is -2.16. The third-order valence-electron chi connectivity index (χ3n) is 2.49. The van der Waals surface area contributed by atoms with Gasteiger partial charge in [-0.2, -0.15) is 4.98 Å². The van der Waals surface area contributed by atoms with Crippen molar-refractivity contribution in [3.63, 3.8) is 0 Å². The van der Waals surface area contributed by atoms with Crippen LogP contribution in [-0.2, 0) is 0 Å². The third kappa shape index (κ3) is 1.77. The van der Waals surface area contributed by atoms with Gasteiger partial charge >= 0.3 is 0 Å². The number of pyridine rings is 2. The molecule has 0 saturated heterocycles. The van der Waals surface area contributed by atoms with Gasteiger partial charge < -0.3 is 4.98 Å². The molecule has 1 N–H and O–H groups in total. The van der Waals surface area contributed by atoms with Crippen molar-refractivity contribution in [2.24, 2.45) is 0 Å². The summed E-state index contributed by atoms with van der Waals surface area (Å²) in [5.74, 6) is 0.880. The Morgan fingerprint density at radius 3 is 2.73 bits per heavy atom. The molecular formula is C12H14N2O. The SMILES string of the molecule is Cc1c[nH]c2nc(=O)c(C(C)C)cc-2c1. The monoisotopic (exact) mass is 202 g/mol. The predicted molar refractivity (Wildman–Crippen MR) is 60.3 cm³/mol. The summed E-state index contributed by atoms with van der Waals surface area (Å²) in [5, 5.41) is 0. The Hall–Kier alpha value is -1.64. The Bertz CT molecular complexity index is 514. The molecule has 0 unspecified atom stereocenters. The van der Waals surface area contributed by atoms with E-state index in [1.807, 2.05) is 39.1 Å². The van der Waals surface area contributed by atoms with Crippen molar-refractivity contribution in [2.75, 3.05) is 0 Å². The summed E-state index contributed by atoms with van der Waals surface area (Å²) in [6.45, 7) is 6.02. The summed E-state index contributed by atoms with van der Waals surface area (Å²) >= 11 is 0. The lowest BCUT2D eigenvalue weighted by atomic mass is 10.0. The summed E-state index contributed by atoms with van der Waals surface area (Å²) in [6, 6.07) is 3.96. The van der Waals surface area contributed by atoms with E-state index in [0.29, 0.717) is 5.82 Å². The van der Waals surface area contributed by atoms with Crippen molar-refractivity contribution in [3.05, 3.63) is 39.8 Å². The summed E-state index contributed by atoms with van der Waals surface area (Å²) in [6.07, 6.45) is 1.85. The minimum Gasteiger partial charge on any atom is -0.346 e. The van der Waals surface area contributed by atoms with E-state index in [0.717, 1.165) is 16.7 Å². The molecule has 0 atom stereocenters. The van der Waals surface area contributed by atoms with Gasteiger partial charge in [-0.05, 0) is 30.5 Å². The molecule has 2 aliphatic heterocycles. The Morgan fingerprint density at radius 2 is 2.07 bits per heavy atom. The second-order valence-corrected chi connectivity index (χ2v) is 4.15. The van der Waals surface area contributed by atoms with Crippen molar-refractivity contribution in [1.82, 2.24) is 9.97 Å². The Morgan fingerprint density at radius 1 is 1.33 bits per heavy atom. The van der Waals surface area contributed by atoms with Crippen molar-refractivity contribution in [3.8, 4) is 11.4 Å². The van der Waals surface area contributed by atoms with Gasteiger partial charge in [0.1, 0.15) is 5.82 Å². The number of hydrogen-bond donors (Lipinski definition) is 1. The van der Waals surface area contributed by atoms with Gasteiger partial charge in [0, 0.05) is 17.3 Å². The van der Waals surface area contributed by atoms with E-state index in [4.69, 9.17) is 0 Å². The highest BCUT2D eigenvalue weighted by Gasteiger charge is 2.11. The number of nitrogens with one attached hydrogen (secondary N) is 1. The van der Waals surface area contributed by atoms with Crippen LogP contribution in [0.4, 0.5) is 0 Å². The van der Waals surface area contributed by atoms with Gasteiger partial charge in [0.15, 0.2) is 0 Å². The molecule has 0 saturated carbocycles. The van der Waals surface area contributed by atoms with E-state index in [2.05, 4.69) is 9.97 Å². The molecule has 3 nitrogen and oxygen atoms in total. The molecule has 0 spiro atoms. The summed E-state index contributed by atoms with van der Waals surface area (Å²) in [7, 11) is 0. The average molecular weight is 202 g/mol. The molecular weight excluding hydrogens is 188 g/mol. The third-order valence-corrected chi connectivity index (χ3v) is 2.49. The van der Waals surface area contributed by atoms with Gasteiger partial charge in [0.2, 0.25) is 0 Å². The normalized spacial score (nSPS) is 11.2. The number of rotatable bonds is 1. The molecule has 2 rings (SSSR count). The topological polar surface area (TPSA) is 45.8 Å². The number of aromatic nitrogens is 2. The van der Waals surface area contributed by atoms with Crippen LogP contribution in [0.2, 0.25) is 0 Å². The number of hydrogen-bond acceptors (Lipinski definition) is 2. The lowest BCUT2D eigenvalue weighted by molar-refractivity contribution is 0.842. The van der Waals surface area contributed by atoms with E-state index in [9.17, 15) is 4.79 Å². The highest BCUT2D eigenvalue weighted by molar-refractivity contribution is 5.58. The Labute approximate surface area is 88.5 Å². The van der Waals surface area contributed by atoms with Crippen molar-refractivity contribution in [2.45, 2.75) is 26.7 Å². The molecule has 0 bridgehead atoms. The molecule has 2 heterocycles. The zero-order chi connectivity index (χ0) is 11.0. The average Bonchev–Trinajstić information content (AvgIpc) is 2.17. The zero-order valence-corrected chi connectivity index (χ0v) is 9.16. The maximum atomic E-state index is 11.6. The van der Waals surface area contributed by atoms with Crippen LogP contribution >= 0.6 is 0 Å². The Kier molecular flexibility index (Phi) is 2.31. The van der Waals surface area contributed by atoms with E-state index < -0.39 is 0 Å². The molecule has 78 valence electrons. The Balaban J connectivity index is 2.74. The standard InChI is InChI=1S/C12H14N2O/c1-7(2)10-5-9-4-8(3)6-13-11(9)14-12(10)15/h4-7H,1-3H3,(H,13,14,15). The largest absolute Gasteiger partial charge is 0.346 e. The van der Waals surface area contributed by atoms with E-state index in [-0.39, 0.29) is 11.5 Å². The van der Waals surface area contributed by atoms with Crippen molar-refractivity contribution < 1.29 is 0 Å². The van der Waals surface area contributed by atoms with Crippen LogP contribution in [0, 0.1) is 6.92 Å². The molecule has 0 aromatic heterocycles. The highest BCUT2D eigenvalue weighted by atomic mass is 16.1. The second kappa shape index (κ2) is 3.50. The fraction of sp³-hybridized carbons (Fsp3) is 0.333. The number of aryl methyl sites for hydroxylation is 1. The summed E-state index contributed by atoms with van der Waals surface area (Å²) in [4.78, 5) is 18.7. The maximum absolute atomic E-state index is 11.6. The van der Waals surface area contributed by atoms with Crippen LogP contribution < -0.4 is 5.56 Å². The first-order chi connectivity index (χ1) is 7.08. The molecule has 2 aliphatic rings. The van der Waals surface area contributed by atoms with E-state index >= 15 is 0 Å². The van der Waals surface area contributed by atoms with Gasteiger partial charge in [0.05, 0.1) is 0 Å². The molecule has 0 radical (unpaired) electrons. The van der Waals surface area contributed by atoms with Crippen LogP contribution in [0.5, 0.6) is 0 Å².